The van der Waals surface area contributed by atoms with Crippen LogP contribution in [0.4, 0.5) is 5.69 Å². The van der Waals surface area contributed by atoms with E-state index in [1.54, 1.807) is 36.4 Å². The predicted molar refractivity (Wildman–Crippen MR) is 144 cm³/mol. The molecule has 1 aliphatic carbocycles. The maximum absolute atomic E-state index is 14.0. The van der Waals surface area contributed by atoms with Crippen LogP contribution in [0.3, 0.4) is 0 Å². The summed E-state index contributed by atoms with van der Waals surface area (Å²) in [7, 11) is 0. The minimum Gasteiger partial charge on any atom is -0.458 e. The molecular weight excluding hydrogens is 504 g/mol. The van der Waals surface area contributed by atoms with Crippen LogP contribution in [0, 0.1) is 13.8 Å². The second kappa shape index (κ2) is 11.2. The van der Waals surface area contributed by atoms with Gasteiger partial charge in [0.05, 0.1) is 0 Å². The largest absolute Gasteiger partial charge is 0.458 e. The van der Waals surface area contributed by atoms with Crippen LogP contribution in [0.2, 0.25) is 5.02 Å². The number of tetrazole rings is 1. The molecule has 2 amide bonds. The highest BCUT2D eigenvalue weighted by atomic mass is 35.5. The average molecular weight is 533 g/mol. The summed E-state index contributed by atoms with van der Waals surface area (Å²) in [6, 6.07) is 17.2. The van der Waals surface area contributed by atoms with Gasteiger partial charge in [-0.3, -0.25) is 14.5 Å². The molecule has 0 radical (unpaired) electrons. The first-order chi connectivity index (χ1) is 18.4. The molecule has 1 saturated carbocycles. The third-order valence-corrected chi connectivity index (χ3v) is 6.88. The van der Waals surface area contributed by atoms with E-state index in [-0.39, 0.29) is 30.2 Å². The lowest BCUT2D eigenvalue weighted by Gasteiger charge is -2.32. The molecule has 4 aromatic rings. The number of nitrogens with zero attached hydrogens (tertiary/aromatic N) is 5. The van der Waals surface area contributed by atoms with E-state index < -0.39 is 6.04 Å². The lowest BCUT2D eigenvalue weighted by atomic mass is 10.0. The number of halogens is 1. The second-order valence-electron chi connectivity index (χ2n) is 9.60. The minimum atomic E-state index is -0.919. The number of aryl methyl sites for hydroxylation is 2. The molecule has 0 spiro atoms. The number of anilines is 1. The highest BCUT2D eigenvalue weighted by Gasteiger charge is 2.35. The van der Waals surface area contributed by atoms with Crippen molar-refractivity contribution in [3.63, 3.8) is 0 Å². The van der Waals surface area contributed by atoms with Crippen molar-refractivity contribution in [3.8, 4) is 11.6 Å². The molecule has 38 heavy (non-hydrogen) atoms. The molecule has 1 fully saturated rings. The number of benzene rings is 2. The van der Waals surface area contributed by atoms with Crippen molar-refractivity contribution in [1.29, 1.82) is 0 Å². The minimum absolute atomic E-state index is 0.0862. The Labute approximate surface area is 225 Å². The first-order valence-electron chi connectivity index (χ1n) is 12.7. The van der Waals surface area contributed by atoms with Crippen molar-refractivity contribution in [2.75, 3.05) is 4.90 Å². The summed E-state index contributed by atoms with van der Waals surface area (Å²) in [6.45, 7) is 3.55. The van der Waals surface area contributed by atoms with E-state index in [2.05, 4.69) is 20.7 Å². The molecule has 0 saturated heterocycles. The third-order valence-electron chi connectivity index (χ3n) is 6.63. The third kappa shape index (κ3) is 5.78. The topological polar surface area (TPSA) is 106 Å². The van der Waals surface area contributed by atoms with Gasteiger partial charge in [-0.15, -0.1) is 10.2 Å². The second-order valence-corrected chi connectivity index (χ2v) is 10.0. The SMILES string of the molecule is Cc1cccc(N(C(=O)Cn2nnc(-c3ccc(C)o3)n2)C(C(=O)NC2CCCC2)c2ccc(Cl)cc2)c1. The lowest BCUT2D eigenvalue weighted by Crippen LogP contribution is -2.47. The average Bonchev–Trinajstić information content (AvgIpc) is 3.66. The monoisotopic (exact) mass is 532 g/mol. The van der Waals surface area contributed by atoms with E-state index in [1.807, 2.05) is 38.1 Å². The predicted octanol–water partition coefficient (Wildman–Crippen LogP) is 5.04. The van der Waals surface area contributed by atoms with Crippen LogP contribution in [-0.4, -0.2) is 38.1 Å². The fourth-order valence-corrected chi connectivity index (χ4v) is 4.91. The van der Waals surface area contributed by atoms with Crippen molar-refractivity contribution < 1.29 is 14.0 Å². The maximum Gasteiger partial charge on any atom is 0.251 e. The van der Waals surface area contributed by atoms with Gasteiger partial charge in [-0.2, -0.15) is 4.80 Å². The van der Waals surface area contributed by atoms with Gasteiger partial charge in [0.15, 0.2) is 5.76 Å². The van der Waals surface area contributed by atoms with Gasteiger partial charge in [0, 0.05) is 16.8 Å². The number of amides is 2. The molecule has 1 unspecified atom stereocenters. The van der Waals surface area contributed by atoms with Crippen molar-refractivity contribution in [3.05, 3.63) is 82.6 Å². The summed E-state index contributed by atoms with van der Waals surface area (Å²) in [6.07, 6.45) is 4.00. The van der Waals surface area contributed by atoms with Crippen LogP contribution in [0.15, 0.2) is 65.1 Å². The summed E-state index contributed by atoms with van der Waals surface area (Å²) in [4.78, 5) is 30.5. The highest BCUT2D eigenvalue weighted by molar-refractivity contribution is 6.30. The number of hydrogen-bond donors (Lipinski definition) is 1. The van der Waals surface area contributed by atoms with E-state index in [4.69, 9.17) is 16.0 Å². The number of furan rings is 1. The Morgan fingerprint density at radius 1 is 1.11 bits per heavy atom. The fraction of sp³-hybridized carbons (Fsp3) is 0.321. The molecule has 0 bridgehead atoms. The highest BCUT2D eigenvalue weighted by Crippen LogP contribution is 2.31. The molecule has 10 heteroatoms. The summed E-state index contributed by atoms with van der Waals surface area (Å²) in [5.41, 5.74) is 2.21. The molecule has 1 N–H and O–H groups in total. The molecule has 1 aliphatic rings. The van der Waals surface area contributed by atoms with Gasteiger partial charge in [0.2, 0.25) is 11.7 Å². The Balaban J connectivity index is 1.51. The molecule has 2 heterocycles. The maximum atomic E-state index is 14.0. The lowest BCUT2D eigenvalue weighted by molar-refractivity contribution is -0.127. The molecular formula is C28H29ClN6O3. The van der Waals surface area contributed by atoms with Gasteiger partial charge >= 0.3 is 0 Å². The van der Waals surface area contributed by atoms with Crippen molar-refractivity contribution in [2.24, 2.45) is 0 Å². The first-order valence-corrected chi connectivity index (χ1v) is 13.0. The van der Waals surface area contributed by atoms with E-state index in [9.17, 15) is 9.59 Å². The summed E-state index contributed by atoms with van der Waals surface area (Å²) >= 11 is 6.16. The zero-order valence-electron chi connectivity index (χ0n) is 21.3. The normalized spacial score (nSPS) is 14.4. The van der Waals surface area contributed by atoms with E-state index >= 15 is 0 Å². The summed E-state index contributed by atoms with van der Waals surface area (Å²) in [5, 5.41) is 16.2. The zero-order valence-corrected chi connectivity index (χ0v) is 22.1. The number of carbonyl (C=O) groups excluding carboxylic acids is 2. The number of hydrogen-bond acceptors (Lipinski definition) is 6. The van der Waals surface area contributed by atoms with Crippen molar-refractivity contribution in [1.82, 2.24) is 25.5 Å². The quantitative estimate of drug-likeness (QED) is 0.341. The van der Waals surface area contributed by atoms with Gasteiger partial charge in [0.25, 0.3) is 5.91 Å². The van der Waals surface area contributed by atoms with Crippen LogP contribution in [0.5, 0.6) is 0 Å². The zero-order chi connectivity index (χ0) is 26.6. The molecule has 1 atom stereocenters. The van der Waals surface area contributed by atoms with Crippen LogP contribution in [0.25, 0.3) is 11.6 Å². The van der Waals surface area contributed by atoms with Crippen LogP contribution >= 0.6 is 11.6 Å². The van der Waals surface area contributed by atoms with Gasteiger partial charge in [0.1, 0.15) is 18.3 Å². The Hall–Kier alpha value is -3.98. The molecule has 2 aromatic heterocycles. The number of nitrogens with one attached hydrogen (secondary N) is 1. The van der Waals surface area contributed by atoms with Gasteiger partial charge in [-0.05, 0) is 79.4 Å². The van der Waals surface area contributed by atoms with Gasteiger partial charge in [-0.1, -0.05) is 48.7 Å². The molecule has 5 rings (SSSR count). The van der Waals surface area contributed by atoms with Crippen LogP contribution in [-0.2, 0) is 16.1 Å². The fourth-order valence-electron chi connectivity index (χ4n) is 4.79. The molecule has 196 valence electrons. The smallest absolute Gasteiger partial charge is 0.251 e. The van der Waals surface area contributed by atoms with Crippen molar-refractivity contribution in [2.45, 2.75) is 58.2 Å². The number of rotatable bonds is 8. The summed E-state index contributed by atoms with van der Waals surface area (Å²) in [5.74, 6) is 0.856. The molecule has 2 aromatic carbocycles. The van der Waals surface area contributed by atoms with Gasteiger partial charge < -0.3 is 9.73 Å². The van der Waals surface area contributed by atoms with Crippen LogP contribution in [0.1, 0.15) is 48.6 Å². The summed E-state index contributed by atoms with van der Waals surface area (Å²) < 4.78 is 5.58. The number of aromatic nitrogens is 4. The van der Waals surface area contributed by atoms with E-state index in [1.165, 1.54) is 9.70 Å². The molecule has 0 aliphatic heterocycles. The van der Waals surface area contributed by atoms with E-state index in [0.717, 1.165) is 37.0 Å². The van der Waals surface area contributed by atoms with Crippen LogP contribution < -0.4 is 10.2 Å². The van der Waals surface area contributed by atoms with Crippen molar-refractivity contribution >= 4 is 29.1 Å². The Bertz CT molecular complexity index is 1420. The molecule has 9 nitrogen and oxygen atoms in total. The Morgan fingerprint density at radius 2 is 1.87 bits per heavy atom. The van der Waals surface area contributed by atoms with E-state index in [0.29, 0.717) is 22.0 Å². The Morgan fingerprint density at radius 3 is 2.55 bits per heavy atom. The Kier molecular flexibility index (Phi) is 7.55. The standard InChI is InChI=1S/C28H29ClN6O3/c1-18-6-5-9-23(16-18)35(25(36)17-34-32-27(31-33-34)24-15-10-19(2)38-24)26(20-11-13-21(29)14-12-20)28(37)30-22-7-3-4-8-22/h5-6,9-16,22,26H,3-4,7-8,17H2,1-2H3,(H,30,37). The number of carbonyl (C=O) groups is 2. The van der Waals surface area contributed by atoms with Gasteiger partial charge in [-0.25, -0.2) is 0 Å². The first kappa shape index (κ1) is 25.7.